The molecular weight excluding hydrogens is 270 g/mol. The minimum Gasteiger partial charge on any atom is -0.340 e. The van der Waals surface area contributed by atoms with Crippen molar-refractivity contribution in [2.24, 2.45) is 0 Å². The Morgan fingerprint density at radius 2 is 1.86 bits per heavy atom. The van der Waals surface area contributed by atoms with E-state index in [1.54, 1.807) is 6.92 Å². The Kier molecular flexibility index (Phi) is 4.10. The summed E-state index contributed by atoms with van der Waals surface area (Å²) in [5, 5.41) is 1.13. The highest BCUT2D eigenvalue weighted by atomic mass is 16.1. The largest absolute Gasteiger partial charge is 0.340 e. The highest BCUT2D eigenvalue weighted by Crippen LogP contribution is 2.29. The van der Waals surface area contributed by atoms with Crippen LogP contribution < -0.4 is 0 Å². The molecule has 3 aromatic rings. The number of ketones is 1. The van der Waals surface area contributed by atoms with E-state index in [1.165, 1.54) is 11.1 Å². The van der Waals surface area contributed by atoms with E-state index in [0.717, 1.165) is 23.8 Å². The molecule has 112 valence electrons. The summed E-state index contributed by atoms with van der Waals surface area (Å²) in [6.07, 6.45) is 4.37. The zero-order valence-electron chi connectivity index (χ0n) is 13.1. The maximum Gasteiger partial charge on any atom is 0.159 e. The molecule has 2 nitrogen and oxygen atoms in total. The maximum atomic E-state index is 11.5. The van der Waals surface area contributed by atoms with Gasteiger partial charge in [-0.2, -0.15) is 0 Å². The van der Waals surface area contributed by atoms with Gasteiger partial charge in [0.25, 0.3) is 0 Å². The molecule has 2 aromatic carbocycles. The number of rotatable bonds is 5. The minimum absolute atomic E-state index is 0.114. The molecule has 0 amide bonds. The van der Waals surface area contributed by atoms with Gasteiger partial charge in [-0.15, -0.1) is 0 Å². The lowest BCUT2D eigenvalue weighted by molar-refractivity contribution is 0.101. The van der Waals surface area contributed by atoms with Crippen LogP contribution in [0.3, 0.4) is 0 Å². The number of Topliss-reactive ketones (excluding diaryl/α,β-unsaturated/α-hetero) is 1. The zero-order valence-corrected chi connectivity index (χ0v) is 13.1. The van der Waals surface area contributed by atoms with Gasteiger partial charge in [0.1, 0.15) is 0 Å². The van der Waals surface area contributed by atoms with Crippen LogP contribution in [0.1, 0.15) is 48.7 Å². The topological polar surface area (TPSA) is 22.0 Å². The van der Waals surface area contributed by atoms with Crippen LogP contribution in [0.5, 0.6) is 0 Å². The van der Waals surface area contributed by atoms with Gasteiger partial charge in [0.2, 0.25) is 0 Å². The van der Waals surface area contributed by atoms with Gasteiger partial charge in [-0.05, 0) is 43.2 Å². The molecule has 0 saturated carbocycles. The average Bonchev–Trinajstić information content (AvgIpc) is 2.96. The second-order valence-corrected chi connectivity index (χ2v) is 5.77. The molecule has 0 aliphatic heterocycles. The highest BCUT2D eigenvalue weighted by Gasteiger charge is 2.15. The van der Waals surface area contributed by atoms with Crippen molar-refractivity contribution in [2.45, 2.75) is 32.7 Å². The number of hydrogen-bond acceptors (Lipinski definition) is 1. The summed E-state index contributed by atoms with van der Waals surface area (Å²) in [7, 11) is 0. The summed E-state index contributed by atoms with van der Waals surface area (Å²) in [5.74, 6) is 0.114. The number of aromatic nitrogens is 1. The van der Waals surface area contributed by atoms with Crippen molar-refractivity contribution >= 4 is 16.7 Å². The van der Waals surface area contributed by atoms with Crippen LogP contribution in [0.2, 0.25) is 0 Å². The number of nitrogens with zero attached hydrogens (tertiary/aromatic N) is 1. The third kappa shape index (κ3) is 2.69. The Morgan fingerprint density at radius 1 is 1.09 bits per heavy atom. The van der Waals surface area contributed by atoms with Crippen molar-refractivity contribution in [1.82, 2.24) is 4.57 Å². The smallest absolute Gasteiger partial charge is 0.159 e. The van der Waals surface area contributed by atoms with Crippen molar-refractivity contribution in [3.8, 4) is 0 Å². The number of fused-ring (bicyclic) bond motifs is 1. The molecule has 1 unspecified atom stereocenters. The first-order chi connectivity index (χ1) is 10.7. The Morgan fingerprint density at radius 3 is 2.55 bits per heavy atom. The molecule has 1 atom stereocenters. The first kappa shape index (κ1) is 14.6. The van der Waals surface area contributed by atoms with E-state index in [2.05, 4.69) is 60.2 Å². The highest BCUT2D eigenvalue weighted by molar-refractivity contribution is 5.98. The maximum absolute atomic E-state index is 11.5. The fourth-order valence-corrected chi connectivity index (χ4v) is 3.07. The number of hydrogen-bond donors (Lipinski definition) is 0. The minimum atomic E-state index is 0.114. The molecule has 1 aromatic heterocycles. The molecule has 0 fully saturated rings. The van der Waals surface area contributed by atoms with E-state index >= 15 is 0 Å². The third-order valence-corrected chi connectivity index (χ3v) is 4.21. The number of benzene rings is 2. The first-order valence-corrected chi connectivity index (χ1v) is 7.87. The first-order valence-electron chi connectivity index (χ1n) is 7.87. The molecule has 0 aliphatic carbocycles. The van der Waals surface area contributed by atoms with E-state index in [9.17, 15) is 4.79 Å². The second-order valence-electron chi connectivity index (χ2n) is 5.77. The van der Waals surface area contributed by atoms with Gasteiger partial charge in [0, 0.05) is 22.7 Å². The summed E-state index contributed by atoms with van der Waals surface area (Å²) < 4.78 is 2.33. The van der Waals surface area contributed by atoms with Gasteiger partial charge >= 0.3 is 0 Å². The van der Waals surface area contributed by atoms with E-state index in [1.807, 2.05) is 12.1 Å². The van der Waals surface area contributed by atoms with Crippen LogP contribution >= 0.6 is 0 Å². The Balaban J connectivity index is 2.09. The van der Waals surface area contributed by atoms with Gasteiger partial charge in [0.05, 0.1) is 6.04 Å². The SMILES string of the molecule is CCCC(c1ccccc1)n1ccc2cc(C(C)=O)ccc21. The summed E-state index contributed by atoms with van der Waals surface area (Å²) in [5.41, 5.74) is 3.29. The molecule has 22 heavy (non-hydrogen) atoms. The quantitative estimate of drug-likeness (QED) is 0.590. The lowest BCUT2D eigenvalue weighted by Gasteiger charge is -2.20. The van der Waals surface area contributed by atoms with Crippen molar-refractivity contribution in [3.05, 3.63) is 71.9 Å². The summed E-state index contributed by atoms with van der Waals surface area (Å²) in [4.78, 5) is 11.5. The van der Waals surface area contributed by atoms with Crippen LogP contribution in [0, 0.1) is 0 Å². The van der Waals surface area contributed by atoms with Crippen molar-refractivity contribution in [2.75, 3.05) is 0 Å². The standard InChI is InChI=1S/C20H21NO/c1-3-7-19(16-8-5-4-6-9-16)21-13-12-18-14-17(15(2)22)10-11-20(18)21/h4-6,8-14,19H,3,7H2,1-2H3. The van der Waals surface area contributed by atoms with E-state index in [4.69, 9.17) is 0 Å². The molecule has 0 N–H and O–H groups in total. The summed E-state index contributed by atoms with van der Waals surface area (Å²) in [6.45, 7) is 3.83. The Labute approximate surface area is 131 Å². The van der Waals surface area contributed by atoms with E-state index < -0.39 is 0 Å². The molecule has 0 spiro atoms. The summed E-state index contributed by atoms with van der Waals surface area (Å²) >= 11 is 0. The second kappa shape index (κ2) is 6.18. The molecule has 0 bridgehead atoms. The lowest BCUT2D eigenvalue weighted by atomic mass is 10.0. The summed E-state index contributed by atoms with van der Waals surface area (Å²) in [6, 6.07) is 19.1. The molecular formula is C20H21NO. The zero-order chi connectivity index (χ0) is 15.5. The van der Waals surface area contributed by atoms with Gasteiger partial charge < -0.3 is 4.57 Å². The van der Waals surface area contributed by atoms with E-state index in [0.29, 0.717) is 6.04 Å². The molecule has 0 aliphatic rings. The predicted molar refractivity (Wildman–Crippen MR) is 91.4 cm³/mol. The monoisotopic (exact) mass is 291 g/mol. The Hall–Kier alpha value is -2.35. The molecule has 2 heteroatoms. The van der Waals surface area contributed by atoms with E-state index in [-0.39, 0.29) is 5.78 Å². The van der Waals surface area contributed by atoms with Crippen molar-refractivity contribution in [1.29, 1.82) is 0 Å². The number of carbonyl (C=O) groups excluding carboxylic acids is 1. The van der Waals surface area contributed by atoms with Crippen LogP contribution in [0.4, 0.5) is 0 Å². The fraction of sp³-hybridized carbons (Fsp3) is 0.250. The molecule has 0 saturated heterocycles. The molecule has 3 rings (SSSR count). The van der Waals surface area contributed by atoms with Crippen LogP contribution in [0.25, 0.3) is 10.9 Å². The van der Waals surface area contributed by atoms with Crippen LogP contribution in [-0.2, 0) is 0 Å². The fourth-order valence-electron chi connectivity index (χ4n) is 3.07. The molecule has 0 radical (unpaired) electrons. The lowest BCUT2D eigenvalue weighted by Crippen LogP contribution is -2.09. The van der Waals surface area contributed by atoms with Crippen molar-refractivity contribution in [3.63, 3.8) is 0 Å². The van der Waals surface area contributed by atoms with Crippen LogP contribution in [-0.4, -0.2) is 10.4 Å². The van der Waals surface area contributed by atoms with Gasteiger partial charge in [-0.25, -0.2) is 0 Å². The van der Waals surface area contributed by atoms with Gasteiger partial charge in [0.15, 0.2) is 5.78 Å². The average molecular weight is 291 g/mol. The molecule has 1 heterocycles. The number of carbonyl (C=O) groups is 1. The van der Waals surface area contributed by atoms with Crippen LogP contribution in [0.15, 0.2) is 60.8 Å². The third-order valence-electron chi connectivity index (χ3n) is 4.21. The van der Waals surface area contributed by atoms with Gasteiger partial charge in [-0.1, -0.05) is 43.7 Å². The van der Waals surface area contributed by atoms with Crippen molar-refractivity contribution < 1.29 is 4.79 Å². The Bertz CT molecular complexity index is 786. The predicted octanol–water partition coefficient (Wildman–Crippen LogP) is 5.23. The van der Waals surface area contributed by atoms with Gasteiger partial charge in [-0.3, -0.25) is 4.79 Å². The normalized spacial score (nSPS) is 12.5.